The fraction of sp³-hybridized carbons (Fsp3) is 0.0323. The lowest BCUT2D eigenvalue weighted by molar-refractivity contribution is -0.118. The Morgan fingerprint density at radius 3 is 2.56 bits per heavy atom. The first-order valence-electron chi connectivity index (χ1n) is 12.7. The van der Waals surface area contributed by atoms with Crippen molar-refractivity contribution in [3.63, 3.8) is 0 Å². The molecule has 0 unspecified atom stereocenters. The van der Waals surface area contributed by atoms with Crippen molar-refractivity contribution in [3.8, 4) is 17.3 Å². The molecule has 6 rings (SSSR count). The number of hydrogen-bond donors (Lipinski definition) is 1. The van der Waals surface area contributed by atoms with Gasteiger partial charge in [-0.05, 0) is 124 Å². The molecule has 0 atom stereocenters. The summed E-state index contributed by atoms with van der Waals surface area (Å²) in [4.78, 5) is 30.6. The predicted molar refractivity (Wildman–Crippen MR) is 182 cm³/mol. The first kappa shape index (κ1) is 29.3. The van der Waals surface area contributed by atoms with Crippen LogP contribution in [0, 0.1) is 13.0 Å². The van der Waals surface area contributed by atoms with Gasteiger partial charge in [-0.3, -0.25) is 9.59 Å². The third-order valence-electron chi connectivity index (χ3n) is 6.27. The molecule has 0 aliphatic heterocycles. The maximum atomic E-state index is 13.6. The number of carbonyl (C=O) groups excluding carboxylic acids is 1. The molecule has 2 aromatic heterocycles. The number of benzene rings is 4. The highest BCUT2D eigenvalue weighted by Gasteiger charge is 2.17. The molecule has 0 spiro atoms. The summed E-state index contributed by atoms with van der Waals surface area (Å²) in [7, 11) is 0. The summed E-state index contributed by atoms with van der Waals surface area (Å²) in [6.07, 6.45) is 1.55. The standard InChI is InChI=1S/C31H18ClFI2N4O4/c32-19-5-10-26-18(13-19)14-27(43-26)30-38-25-4-2-1-3-22(25)31(41)39(30)36-15-17-11-23(34)29(24(35)12-17)42-16-28(40)37-21-8-6-20(33)7-9-21/h1-15H,16H2,(H,37,40). The molecule has 0 bridgehead atoms. The summed E-state index contributed by atoms with van der Waals surface area (Å²) in [6.45, 7) is -0.235. The summed E-state index contributed by atoms with van der Waals surface area (Å²) in [6, 6.07) is 23.2. The van der Waals surface area contributed by atoms with Gasteiger partial charge >= 0.3 is 0 Å². The number of amides is 1. The fourth-order valence-corrected chi connectivity index (χ4v) is 6.61. The van der Waals surface area contributed by atoms with Crippen molar-refractivity contribution in [2.45, 2.75) is 0 Å². The molecule has 4 aromatic carbocycles. The van der Waals surface area contributed by atoms with Gasteiger partial charge in [-0.2, -0.15) is 9.78 Å². The number of hydrogen-bond acceptors (Lipinski definition) is 6. The number of furan rings is 1. The Hall–Kier alpha value is -3.82. The smallest absolute Gasteiger partial charge is 0.282 e. The summed E-state index contributed by atoms with van der Waals surface area (Å²) in [5.74, 6) is 0.360. The molecule has 214 valence electrons. The molecule has 0 radical (unpaired) electrons. The largest absolute Gasteiger partial charge is 0.482 e. The molecule has 0 aliphatic rings. The van der Waals surface area contributed by atoms with Gasteiger partial charge < -0.3 is 14.5 Å². The van der Waals surface area contributed by atoms with Crippen LogP contribution < -0.4 is 15.6 Å². The Balaban J connectivity index is 1.29. The van der Waals surface area contributed by atoms with Crippen LogP contribution in [-0.4, -0.2) is 28.4 Å². The minimum absolute atomic E-state index is 0.235. The molecule has 0 fully saturated rings. The Morgan fingerprint density at radius 2 is 1.79 bits per heavy atom. The molecule has 1 N–H and O–H groups in total. The molecule has 1 amide bonds. The molecule has 2 heterocycles. The number of nitrogens with one attached hydrogen (secondary N) is 1. The van der Waals surface area contributed by atoms with Crippen molar-refractivity contribution in [1.82, 2.24) is 9.66 Å². The van der Waals surface area contributed by atoms with Gasteiger partial charge in [0.25, 0.3) is 11.5 Å². The number of fused-ring (bicyclic) bond motifs is 2. The first-order valence-corrected chi connectivity index (χ1v) is 15.2. The Labute approximate surface area is 275 Å². The number of nitrogens with zero attached hydrogens (tertiary/aromatic N) is 3. The van der Waals surface area contributed by atoms with E-state index in [1.807, 2.05) is 18.2 Å². The van der Waals surface area contributed by atoms with Crippen molar-refractivity contribution in [3.05, 3.63) is 119 Å². The maximum Gasteiger partial charge on any atom is 0.282 e. The third kappa shape index (κ3) is 6.43. The minimum Gasteiger partial charge on any atom is -0.482 e. The summed E-state index contributed by atoms with van der Waals surface area (Å²) >= 11 is 10.4. The van der Waals surface area contributed by atoms with E-state index in [4.69, 9.17) is 25.7 Å². The normalized spacial score (nSPS) is 11.4. The molecular weight excluding hydrogens is 801 g/mol. The van der Waals surface area contributed by atoms with Crippen LogP contribution in [0.15, 0.2) is 99.2 Å². The Kier molecular flexibility index (Phi) is 8.45. The van der Waals surface area contributed by atoms with Gasteiger partial charge in [-0.1, -0.05) is 23.7 Å². The van der Waals surface area contributed by atoms with Crippen LogP contribution in [0.5, 0.6) is 5.75 Å². The van der Waals surface area contributed by atoms with E-state index in [9.17, 15) is 14.0 Å². The lowest BCUT2D eigenvalue weighted by Gasteiger charge is -2.12. The van der Waals surface area contributed by atoms with Gasteiger partial charge in [0.15, 0.2) is 12.4 Å². The summed E-state index contributed by atoms with van der Waals surface area (Å²) in [5, 5.41) is 8.93. The summed E-state index contributed by atoms with van der Waals surface area (Å²) < 4.78 is 27.6. The van der Waals surface area contributed by atoms with E-state index in [1.165, 1.54) is 28.9 Å². The van der Waals surface area contributed by atoms with E-state index in [0.29, 0.717) is 44.3 Å². The van der Waals surface area contributed by atoms with Gasteiger partial charge in [-0.15, -0.1) is 0 Å². The SMILES string of the molecule is O=C(COc1c(I)cc(C=Nn2c(-c3cc4cc(Cl)ccc4o3)nc3ccccc3c2=O)cc1I)Nc1ccc(F)cc1. The number of aromatic nitrogens is 2. The van der Waals surface area contributed by atoms with E-state index in [2.05, 4.69) is 55.6 Å². The first-order chi connectivity index (χ1) is 20.7. The molecule has 8 nitrogen and oxygen atoms in total. The summed E-state index contributed by atoms with van der Waals surface area (Å²) in [5.41, 5.74) is 1.92. The zero-order valence-electron chi connectivity index (χ0n) is 21.9. The van der Waals surface area contributed by atoms with E-state index < -0.39 is 0 Å². The van der Waals surface area contributed by atoms with E-state index in [1.54, 1.807) is 48.7 Å². The van der Waals surface area contributed by atoms with Crippen LogP contribution in [0.2, 0.25) is 5.02 Å². The quantitative estimate of drug-likeness (QED) is 0.132. The molecular formula is C31H18ClFI2N4O4. The second-order valence-corrected chi connectivity index (χ2v) is 12.0. The molecule has 0 aliphatic carbocycles. The second-order valence-electron chi connectivity index (χ2n) is 9.26. The minimum atomic E-state index is -0.389. The van der Waals surface area contributed by atoms with E-state index in [0.717, 1.165) is 12.5 Å². The van der Waals surface area contributed by atoms with Gasteiger partial charge in [0.05, 0.1) is 24.3 Å². The van der Waals surface area contributed by atoms with Gasteiger partial charge in [-0.25, -0.2) is 9.37 Å². The van der Waals surface area contributed by atoms with Crippen LogP contribution >= 0.6 is 56.8 Å². The second kappa shape index (κ2) is 12.4. The van der Waals surface area contributed by atoms with Crippen LogP contribution in [-0.2, 0) is 4.79 Å². The lowest BCUT2D eigenvalue weighted by Crippen LogP contribution is -2.21. The van der Waals surface area contributed by atoms with E-state index in [-0.39, 0.29) is 29.7 Å². The highest BCUT2D eigenvalue weighted by atomic mass is 127. The molecule has 6 aromatic rings. The van der Waals surface area contributed by atoms with Crippen LogP contribution in [0.25, 0.3) is 33.5 Å². The lowest BCUT2D eigenvalue weighted by atomic mass is 10.2. The topological polar surface area (TPSA) is 98.7 Å². The molecule has 0 saturated carbocycles. The molecule has 43 heavy (non-hydrogen) atoms. The average Bonchev–Trinajstić information content (AvgIpc) is 3.40. The number of anilines is 1. The number of carbonyl (C=O) groups is 1. The monoisotopic (exact) mass is 818 g/mol. The number of halogens is 4. The fourth-order valence-electron chi connectivity index (χ4n) is 4.30. The Bertz CT molecular complexity index is 2090. The zero-order chi connectivity index (χ0) is 30.1. The number of ether oxygens (including phenoxy) is 1. The highest BCUT2D eigenvalue weighted by Crippen LogP contribution is 2.30. The van der Waals surface area contributed by atoms with Crippen LogP contribution in [0.1, 0.15) is 5.56 Å². The maximum absolute atomic E-state index is 13.6. The third-order valence-corrected chi connectivity index (χ3v) is 8.11. The average molecular weight is 819 g/mol. The van der Waals surface area contributed by atoms with Crippen molar-refractivity contribution in [2.24, 2.45) is 5.10 Å². The molecule has 0 saturated heterocycles. The highest BCUT2D eigenvalue weighted by molar-refractivity contribution is 14.1. The van der Waals surface area contributed by atoms with Gasteiger partial charge in [0.1, 0.15) is 17.1 Å². The van der Waals surface area contributed by atoms with Crippen LogP contribution in [0.4, 0.5) is 10.1 Å². The predicted octanol–water partition coefficient (Wildman–Crippen LogP) is 7.71. The van der Waals surface area contributed by atoms with Crippen molar-refractivity contribution in [1.29, 1.82) is 0 Å². The zero-order valence-corrected chi connectivity index (χ0v) is 26.9. The van der Waals surface area contributed by atoms with Crippen molar-refractivity contribution in [2.75, 3.05) is 11.9 Å². The van der Waals surface area contributed by atoms with Crippen molar-refractivity contribution < 1.29 is 18.3 Å². The Morgan fingerprint density at radius 1 is 1.05 bits per heavy atom. The van der Waals surface area contributed by atoms with Gasteiger partial charge in [0.2, 0.25) is 5.82 Å². The number of rotatable bonds is 7. The van der Waals surface area contributed by atoms with E-state index >= 15 is 0 Å². The van der Waals surface area contributed by atoms with Crippen LogP contribution in [0.3, 0.4) is 0 Å². The molecule has 12 heteroatoms. The van der Waals surface area contributed by atoms with Crippen molar-refractivity contribution >= 4 is 96.5 Å². The van der Waals surface area contributed by atoms with Gasteiger partial charge in [0, 0.05) is 16.1 Å². The number of para-hydroxylation sites is 1.